The third-order valence-corrected chi connectivity index (χ3v) is 7.68. The molecule has 0 spiro atoms. The van der Waals surface area contributed by atoms with E-state index in [1.807, 2.05) is 18.2 Å². The number of primary amides is 1. The predicted octanol–water partition coefficient (Wildman–Crippen LogP) is 4.81. The standard InChI is InChI=1S/C27H26ClF2N5O3S/c1-16(2)25(26(31)36)32-27(34-39(37,38)20-11-8-18(28)9-12-20)22-15-24(17-6-4-3-5-7-17)35(33-22)23-13-10-19(29)14-21(23)30/h3-14,16,24-25H,15H2,1-2H3,(H2,31,36)(H,32,34)/t24?,25-/m0/s1. The summed E-state index contributed by atoms with van der Waals surface area (Å²) in [6.45, 7) is 3.43. The topological polar surface area (TPSA) is 117 Å². The maximum atomic E-state index is 14.9. The summed E-state index contributed by atoms with van der Waals surface area (Å²) >= 11 is 5.91. The maximum Gasteiger partial charge on any atom is 0.263 e. The number of amides is 1. The fourth-order valence-corrected chi connectivity index (χ4v) is 5.28. The van der Waals surface area contributed by atoms with E-state index in [1.165, 1.54) is 35.3 Å². The Balaban J connectivity index is 1.84. The number of nitrogens with zero attached hydrogens (tertiary/aromatic N) is 3. The molecule has 4 rings (SSSR count). The third-order valence-electron chi connectivity index (χ3n) is 6.07. The normalized spacial score (nSPS) is 16.8. The lowest BCUT2D eigenvalue weighted by Crippen LogP contribution is -2.40. The van der Waals surface area contributed by atoms with Crippen molar-refractivity contribution in [1.29, 1.82) is 0 Å². The highest BCUT2D eigenvalue weighted by atomic mass is 35.5. The van der Waals surface area contributed by atoms with Crippen molar-refractivity contribution < 1.29 is 22.0 Å². The van der Waals surface area contributed by atoms with Crippen molar-refractivity contribution in [1.82, 2.24) is 4.72 Å². The molecule has 3 aromatic carbocycles. The summed E-state index contributed by atoms with van der Waals surface area (Å²) in [6, 6.07) is 15.9. The molecule has 0 saturated heterocycles. The largest absolute Gasteiger partial charge is 0.368 e. The van der Waals surface area contributed by atoms with Crippen LogP contribution in [-0.2, 0) is 14.8 Å². The van der Waals surface area contributed by atoms with E-state index in [4.69, 9.17) is 17.3 Å². The highest BCUT2D eigenvalue weighted by Gasteiger charge is 2.35. The highest BCUT2D eigenvalue weighted by Crippen LogP contribution is 2.37. The monoisotopic (exact) mass is 573 g/mol. The van der Waals surface area contributed by atoms with Crippen molar-refractivity contribution in [2.45, 2.75) is 37.2 Å². The molecule has 3 aromatic rings. The molecule has 1 unspecified atom stereocenters. The van der Waals surface area contributed by atoms with Gasteiger partial charge in [-0.2, -0.15) is 5.10 Å². The number of rotatable bonds is 8. The molecule has 3 N–H and O–H groups in total. The molecule has 12 heteroatoms. The molecule has 0 bridgehead atoms. The van der Waals surface area contributed by atoms with Crippen LogP contribution in [0.3, 0.4) is 0 Å². The van der Waals surface area contributed by atoms with Crippen molar-refractivity contribution in [3.8, 4) is 0 Å². The van der Waals surface area contributed by atoms with E-state index in [9.17, 15) is 22.0 Å². The quantitative estimate of drug-likeness (QED) is 0.297. The summed E-state index contributed by atoms with van der Waals surface area (Å²) in [7, 11) is -4.20. The van der Waals surface area contributed by atoms with Gasteiger partial charge in [0.15, 0.2) is 11.7 Å². The smallest absolute Gasteiger partial charge is 0.263 e. The Morgan fingerprint density at radius 2 is 1.77 bits per heavy atom. The minimum Gasteiger partial charge on any atom is -0.368 e. The zero-order valence-electron chi connectivity index (χ0n) is 21.1. The van der Waals surface area contributed by atoms with Gasteiger partial charge in [-0.3, -0.25) is 19.5 Å². The number of carbonyl (C=O) groups is 1. The van der Waals surface area contributed by atoms with Crippen LogP contribution in [0.25, 0.3) is 0 Å². The molecular formula is C27H26ClF2N5O3S. The van der Waals surface area contributed by atoms with Gasteiger partial charge < -0.3 is 5.73 Å². The average molecular weight is 574 g/mol. The highest BCUT2D eigenvalue weighted by molar-refractivity contribution is 7.90. The molecule has 0 saturated carbocycles. The summed E-state index contributed by atoms with van der Waals surface area (Å²) < 4.78 is 57.6. The van der Waals surface area contributed by atoms with E-state index in [-0.39, 0.29) is 34.5 Å². The molecule has 0 aliphatic carbocycles. The molecule has 0 fully saturated rings. The van der Waals surface area contributed by atoms with E-state index in [0.717, 1.165) is 17.7 Å². The number of carbonyl (C=O) groups excluding carboxylic acids is 1. The summed E-state index contributed by atoms with van der Waals surface area (Å²) in [5, 5.41) is 6.22. The Bertz CT molecular complexity index is 1530. The number of amidine groups is 1. The lowest BCUT2D eigenvalue weighted by Gasteiger charge is -2.24. The molecule has 0 radical (unpaired) electrons. The first-order valence-corrected chi connectivity index (χ1v) is 13.8. The van der Waals surface area contributed by atoms with Crippen LogP contribution in [0.5, 0.6) is 0 Å². The van der Waals surface area contributed by atoms with Crippen molar-refractivity contribution in [2.24, 2.45) is 21.7 Å². The second-order valence-electron chi connectivity index (χ2n) is 9.25. The second-order valence-corrected chi connectivity index (χ2v) is 11.4. The van der Waals surface area contributed by atoms with Crippen molar-refractivity contribution in [2.75, 3.05) is 5.01 Å². The number of halogens is 3. The number of hydrazone groups is 1. The van der Waals surface area contributed by atoms with Crippen LogP contribution < -0.4 is 15.5 Å². The lowest BCUT2D eigenvalue weighted by molar-refractivity contribution is -0.120. The predicted molar refractivity (Wildman–Crippen MR) is 147 cm³/mol. The number of sulfonamides is 1. The van der Waals surface area contributed by atoms with Gasteiger partial charge in [0.25, 0.3) is 10.0 Å². The van der Waals surface area contributed by atoms with Crippen molar-refractivity contribution in [3.05, 3.63) is 95.0 Å². The fraction of sp³-hybridized carbons (Fsp3) is 0.222. The average Bonchev–Trinajstić information content (AvgIpc) is 3.32. The van der Waals surface area contributed by atoms with Crippen LogP contribution in [0, 0.1) is 17.6 Å². The zero-order valence-corrected chi connectivity index (χ0v) is 22.6. The third kappa shape index (κ3) is 6.43. The van der Waals surface area contributed by atoms with Gasteiger partial charge in [0.05, 0.1) is 16.6 Å². The number of nitrogens with two attached hydrogens (primary N) is 1. The van der Waals surface area contributed by atoms with Crippen LogP contribution in [0.1, 0.15) is 31.9 Å². The van der Waals surface area contributed by atoms with Crippen molar-refractivity contribution >= 4 is 44.8 Å². The van der Waals surface area contributed by atoms with Crippen LogP contribution >= 0.6 is 11.6 Å². The Labute approximate surface area is 230 Å². The second kappa shape index (κ2) is 11.5. The number of nitrogens with one attached hydrogen (secondary N) is 1. The number of anilines is 1. The zero-order chi connectivity index (χ0) is 28.3. The van der Waals surface area contributed by atoms with Gasteiger partial charge in [0.2, 0.25) is 5.91 Å². The summed E-state index contributed by atoms with van der Waals surface area (Å²) in [6.07, 6.45) is 0.0897. The van der Waals surface area contributed by atoms with Gasteiger partial charge in [-0.25, -0.2) is 17.2 Å². The van der Waals surface area contributed by atoms with Gasteiger partial charge >= 0.3 is 0 Å². The SMILES string of the molecule is CC(C)[C@H](N=C(NS(=O)(=O)c1ccc(Cl)cc1)C1=NN(c2ccc(F)cc2F)C(c2ccccc2)C1)C(N)=O. The summed E-state index contributed by atoms with van der Waals surface area (Å²) in [5.41, 5.74) is 6.44. The molecule has 1 aliphatic heterocycles. The van der Waals surface area contributed by atoms with Gasteiger partial charge in [-0.1, -0.05) is 55.8 Å². The molecule has 204 valence electrons. The van der Waals surface area contributed by atoms with Gasteiger partial charge in [0.1, 0.15) is 17.6 Å². The Morgan fingerprint density at radius 1 is 1.10 bits per heavy atom. The molecule has 1 amide bonds. The van der Waals surface area contributed by atoms with Crippen LogP contribution in [0.4, 0.5) is 14.5 Å². The first-order chi connectivity index (χ1) is 18.5. The molecular weight excluding hydrogens is 548 g/mol. The van der Waals surface area contributed by atoms with Crippen molar-refractivity contribution in [3.63, 3.8) is 0 Å². The molecule has 39 heavy (non-hydrogen) atoms. The number of aliphatic imine (C=N–C) groups is 1. The fourth-order valence-electron chi connectivity index (χ4n) is 4.12. The number of benzene rings is 3. The van der Waals surface area contributed by atoms with Crippen LogP contribution in [0.2, 0.25) is 5.02 Å². The molecule has 0 aromatic heterocycles. The molecule has 2 atom stereocenters. The molecule has 1 aliphatic rings. The first kappa shape index (κ1) is 28.2. The number of hydrogen-bond acceptors (Lipinski definition) is 6. The summed E-state index contributed by atoms with van der Waals surface area (Å²) in [5.74, 6) is -2.94. The van der Waals surface area contributed by atoms with E-state index in [1.54, 1.807) is 26.0 Å². The van der Waals surface area contributed by atoms with E-state index < -0.39 is 39.6 Å². The minimum atomic E-state index is -4.20. The van der Waals surface area contributed by atoms with Gasteiger partial charge in [0, 0.05) is 17.5 Å². The molecule has 8 nitrogen and oxygen atoms in total. The Hall–Kier alpha value is -3.83. The minimum absolute atomic E-state index is 0.0181. The first-order valence-electron chi connectivity index (χ1n) is 12.0. The lowest BCUT2D eigenvalue weighted by atomic mass is 10.0. The maximum absolute atomic E-state index is 14.9. The molecule has 1 heterocycles. The van der Waals surface area contributed by atoms with Gasteiger partial charge in [-0.05, 0) is 47.9 Å². The Kier molecular flexibility index (Phi) is 8.31. The van der Waals surface area contributed by atoms with E-state index in [2.05, 4.69) is 14.8 Å². The van der Waals surface area contributed by atoms with Gasteiger partial charge in [-0.15, -0.1) is 0 Å². The number of hydrogen-bond donors (Lipinski definition) is 2. The van der Waals surface area contributed by atoms with E-state index >= 15 is 0 Å². The summed E-state index contributed by atoms with van der Waals surface area (Å²) in [4.78, 5) is 16.5. The Morgan fingerprint density at radius 3 is 2.36 bits per heavy atom. The van der Waals surface area contributed by atoms with Crippen LogP contribution in [0.15, 0.2) is 87.8 Å². The van der Waals surface area contributed by atoms with Crippen LogP contribution in [-0.4, -0.2) is 31.9 Å². The van der Waals surface area contributed by atoms with E-state index in [0.29, 0.717) is 5.02 Å².